The molecule has 2 atom stereocenters. The molecule has 1 aliphatic rings. The number of carboxylic acids is 1. The quantitative estimate of drug-likeness (QED) is 0.822. The number of hydrogen-bond acceptors (Lipinski definition) is 2. The van der Waals surface area contributed by atoms with E-state index in [-0.39, 0.29) is 18.4 Å². The van der Waals surface area contributed by atoms with Gasteiger partial charge in [-0.15, -0.1) is 0 Å². The third kappa shape index (κ3) is 3.48. The number of benzene rings is 2. The van der Waals surface area contributed by atoms with Crippen molar-refractivity contribution in [2.75, 3.05) is 6.54 Å². The first kappa shape index (κ1) is 16.2. The Morgan fingerprint density at radius 1 is 1.04 bits per heavy atom. The lowest BCUT2D eigenvalue weighted by molar-refractivity contribution is -0.143. The molecule has 2 aromatic rings. The molecule has 4 nitrogen and oxygen atoms in total. The first-order valence-electron chi connectivity index (χ1n) is 8.22. The Morgan fingerprint density at radius 3 is 2.29 bits per heavy atom. The number of hydrogen-bond donors (Lipinski definition) is 2. The third-order valence-corrected chi connectivity index (χ3v) is 4.88. The van der Waals surface area contributed by atoms with Gasteiger partial charge in [0.2, 0.25) is 0 Å². The molecule has 0 bridgehead atoms. The predicted octanol–water partition coefficient (Wildman–Crippen LogP) is 3.14. The van der Waals surface area contributed by atoms with Crippen LogP contribution in [0.1, 0.15) is 28.8 Å². The zero-order valence-corrected chi connectivity index (χ0v) is 13.4. The molecule has 0 radical (unpaired) electrons. The zero-order chi connectivity index (χ0) is 17.0. The molecular formula is C20H21NO3. The van der Waals surface area contributed by atoms with E-state index in [1.165, 1.54) is 5.56 Å². The summed E-state index contributed by atoms with van der Waals surface area (Å²) in [5.41, 5.74) is 0.968. The minimum Gasteiger partial charge on any atom is -0.481 e. The average Bonchev–Trinajstić information content (AvgIpc) is 3.34. The lowest BCUT2D eigenvalue weighted by atomic mass is 9.99. The maximum Gasteiger partial charge on any atom is 0.311 e. The molecule has 0 aliphatic heterocycles. The smallest absolute Gasteiger partial charge is 0.311 e. The van der Waals surface area contributed by atoms with Gasteiger partial charge in [0.1, 0.15) is 0 Å². The van der Waals surface area contributed by atoms with Crippen molar-refractivity contribution >= 4 is 11.9 Å². The lowest BCUT2D eigenvalue weighted by Crippen LogP contribution is -2.35. The number of rotatable bonds is 7. The van der Waals surface area contributed by atoms with E-state index in [2.05, 4.69) is 17.4 Å². The molecule has 1 amide bonds. The topological polar surface area (TPSA) is 66.4 Å². The summed E-state index contributed by atoms with van der Waals surface area (Å²) in [6.07, 6.45) is 2.33. The van der Waals surface area contributed by atoms with Gasteiger partial charge in [0, 0.05) is 12.1 Å². The van der Waals surface area contributed by atoms with Crippen LogP contribution in [0, 0.1) is 11.3 Å². The zero-order valence-electron chi connectivity index (χ0n) is 13.4. The van der Waals surface area contributed by atoms with Crippen LogP contribution in [0.3, 0.4) is 0 Å². The molecule has 1 aliphatic carbocycles. The number of aryl methyl sites for hydroxylation is 1. The lowest BCUT2D eigenvalue weighted by Gasteiger charge is -2.14. The summed E-state index contributed by atoms with van der Waals surface area (Å²) >= 11 is 0. The highest BCUT2D eigenvalue weighted by molar-refractivity contribution is 5.94. The first-order valence-corrected chi connectivity index (χ1v) is 8.22. The van der Waals surface area contributed by atoms with Gasteiger partial charge in [-0.2, -0.15) is 0 Å². The van der Waals surface area contributed by atoms with Crippen molar-refractivity contribution in [1.29, 1.82) is 0 Å². The highest BCUT2D eigenvalue weighted by atomic mass is 16.4. The Balaban J connectivity index is 1.56. The second-order valence-corrected chi connectivity index (χ2v) is 6.44. The van der Waals surface area contributed by atoms with Crippen molar-refractivity contribution < 1.29 is 14.7 Å². The second kappa shape index (κ2) is 6.87. The van der Waals surface area contributed by atoms with Gasteiger partial charge in [-0.05, 0) is 42.9 Å². The molecule has 2 aromatic carbocycles. The van der Waals surface area contributed by atoms with Crippen molar-refractivity contribution in [3.63, 3.8) is 0 Å². The number of carbonyl (C=O) groups excluding carboxylic acids is 1. The molecular weight excluding hydrogens is 302 g/mol. The normalized spacial score (nSPS) is 21.9. The average molecular weight is 323 g/mol. The fourth-order valence-corrected chi connectivity index (χ4v) is 3.23. The van der Waals surface area contributed by atoms with Crippen molar-refractivity contribution in [2.24, 2.45) is 11.3 Å². The van der Waals surface area contributed by atoms with Crippen LogP contribution in [-0.4, -0.2) is 23.5 Å². The largest absolute Gasteiger partial charge is 0.481 e. The Bertz CT molecular complexity index is 714. The molecule has 1 saturated carbocycles. The maximum absolute atomic E-state index is 12.1. The van der Waals surface area contributed by atoms with Crippen LogP contribution in [-0.2, 0) is 11.2 Å². The molecule has 24 heavy (non-hydrogen) atoms. The van der Waals surface area contributed by atoms with E-state index >= 15 is 0 Å². The Hall–Kier alpha value is -2.62. The van der Waals surface area contributed by atoms with Crippen molar-refractivity contribution in [3.8, 4) is 0 Å². The van der Waals surface area contributed by atoms with E-state index in [1.54, 1.807) is 24.3 Å². The SMILES string of the molecule is O=C(NCC1(C(=O)O)CC1CCc1ccccc1)c1ccccc1. The summed E-state index contributed by atoms with van der Waals surface area (Å²) in [6, 6.07) is 19.0. The molecule has 2 unspecified atom stereocenters. The predicted molar refractivity (Wildman–Crippen MR) is 91.7 cm³/mol. The number of amides is 1. The summed E-state index contributed by atoms with van der Waals surface area (Å²) in [4.78, 5) is 23.8. The fourth-order valence-electron chi connectivity index (χ4n) is 3.23. The summed E-state index contributed by atoms with van der Waals surface area (Å²) in [7, 11) is 0. The Kier molecular flexibility index (Phi) is 4.65. The van der Waals surface area contributed by atoms with E-state index in [0.29, 0.717) is 12.0 Å². The standard InChI is InChI=1S/C20H21NO3/c22-18(16-9-5-2-6-10-16)21-14-20(19(23)24)13-17(20)12-11-15-7-3-1-4-8-15/h1-10,17H,11-14H2,(H,21,22)(H,23,24). The van der Waals surface area contributed by atoms with E-state index in [0.717, 1.165) is 12.8 Å². The Morgan fingerprint density at radius 2 is 1.67 bits per heavy atom. The van der Waals surface area contributed by atoms with Gasteiger partial charge in [-0.25, -0.2) is 0 Å². The van der Waals surface area contributed by atoms with E-state index in [9.17, 15) is 14.7 Å². The van der Waals surface area contributed by atoms with E-state index in [1.807, 2.05) is 24.3 Å². The van der Waals surface area contributed by atoms with Crippen molar-refractivity contribution in [3.05, 3.63) is 71.8 Å². The van der Waals surface area contributed by atoms with Crippen LogP contribution >= 0.6 is 0 Å². The van der Waals surface area contributed by atoms with Gasteiger partial charge in [0.15, 0.2) is 0 Å². The second-order valence-electron chi connectivity index (χ2n) is 6.44. The minimum atomic E-state index is -0.811. The van der Waals surface area contributed by atoms with Crippen LogP contribution in [0.15, 0.2) is 60.7 Å². The third-order valence-electron chi connectivity index (χ3n) is 4.88. The molecule has 3 rings (SSSR count). The molecule has 0 aromatic heterocycles. The van der Waals surface area contributed by atoms with E-state index in [4.69, 9.17) is 0 Å². The first-order chi connectivity index (χ1) is 11.6. The molecule has 0 saturated heterocycles. The highest BCUT2D eigenvalue weighted by Crippen LogP contribution is 2.54. The maximum atomic E-state index is 12.1. The number of carboxylic acid groups (broad SMARTS) is 1. The van der Waals surface area contributed by atoms with Gasteiger partial charge in [-0.1, -0.05) is 48.5 Å². The molecule has 4 heteroatoms. The number of aliphatic carboxylic acids is 1. The molecule has 124 valence electrons. The van der Waals surface area contributed by atoms with Crippen LogP contribution in [0.2, 0.25) is 0 Å². The summed E-state index contributed by atoms with van der Waals surface area (Å²) < 4.78 is 0. The summed E-state index contributed by atoms with van der Waals surface area (Å²) in [5, 5.41) is 12.4. The number of carbonyl (C=O) groups is 2. The van der Waals surface area contributed by atoms with Crippen molar-refractivity contribution in [2.45, 2.75) is 19.3 Å². The van der Waals surface area contributed by atoms with Gasteiger partial charge < -0.3 is 10.4 Å². The molecule has 1 fully saturated rings. The summed E-state index contributed by atoms with van der Waals surface area (Å²) in [6.45, 7) is 0.190. The molecule has 0 spiro atoms. The van der Waals surface area contributed by atoms with Gasteiger partial charge in [-0.3, -0.25) is 9.59 Å². The van der Waals surface area contributed by atoms with Crippen LogP contribution in [0.5, 0.6) is 0 Å². The van der Waals surface area contributed by atoms with Crippen LogP contribution < -0.4 is 5.32 Å². The van der Waals surface area contributed by atoms with Gasteiger partial charge in [0.05, 0.1) is 5.41 Å². The molecule has 2 N–H and O–H groups in total. The monoisotopic (exact) mass is 323 g/mol. The minimum absolute atomic E-state index is 0.117. The number of nitrogens with one attached hydrogen (secondary N) is 1. The molecule has 0 heterocycles. The van der Waals surface area contributed by atoms with Gasteiger partial charge >= 0.3 is 5.97 Å². The van der Waals surface area contributed by atoms with E-state index < -0.39 is 11.4 Å². The Labute approximate surface area is 141 Å². The van der Waals surface area contributed by atoms with Crippen LogP contribution in [0.4, 0.5) is 0 Å². The highest BCUT2D eigenvalue weighted by Gasteiger charge is 2.59. The van der Waals surface area contributed by atoms with Crippen LogP contribution in [0.25, 0.3) is 0 Å². The van der Waals surface area contributed by atoms with Crippen molar-refractivity contribution in [1.82, 2.24) is 5.32 Å². The van der Waals surface area contributed by atoms with Gasteiger partial charge in [0.25, 0.3) is 5.91 Å². The fraction of sp³-hybridized carbons (Fsp3) is 0.300. The summed E-state index contributed by atoms with van der Waals surface area (Å²) in [5.74, 6) is -0.912.